The van der Waals surface area contributed by atoms with Crippen molar-refractivity contribution in [2.24, 2.45) is 5.41 Å². The van der Waals surface area contributed by atoms with Crippen LogP contribution in [-0.2, 0) is 9.53 Å². The predicted octanol–water partition coefficient (Wildman–Crippen LogP) is 3.22. The number of fused-ring (bicyclic) bond motifs is 1. The quantitative estimate of drug-likeness (QED) is 0.869. The Kier molecular flexibility index (Phi) is 3.46. The summed E-state index contributed by atoms with van der Waals surface area (Å²) in [5.41, 5.74) is 0.173. The Labute approximate surface area is 118 Å². The summed E-state index contributed by atoms with van der Waals surface area (Å²) in [4.78, 5) is 16.3. The van der Waals surface area contributed by atoms with Crippen LogP contribution in [0.15, 0.2) is 28.7 Å². The molecule has 0 amide bonds. The minimum Gasteiger partial charge on any atom is -0.469 e. The molecule has 0 saturated carbocycles. The summed E-state index contributed by atoms with van der Waals surface area (Å²) in [6.45, 7) is 7.49. The molecule has 0 aliphatic heterocycles. The monoisotopic (exact) mass is 276 g/mol. The highest BCUT2D eigenvalue weighted by molar-refractivity contribution is 5.78. The minimum atomic E-state index is -0.734. The summed E-state index contributed by atoms with van der Waals surface area (Å²) in [7, 11) is 1.39. The average Bonchev–Trinajstić information content (AvgIpc) is 2.78. The van der Waals surface area contributed by atoms with Gasteiger partial charge in [0, 0.05) is 0 Å². The van der Waals surface area contributed by atoms with E-state index in [0.29, 0.717) is 11.6 Å². The Balaban J connectivity index is 2.29. The van der Waals surface area contributed by atoms with Crippen molar-refractivity contribution < 1.29 is 13.9 Å². The van der Waals surface area contributed by atoms with E-state index >= 15 is 0 Å². The van der Waals surface area contributed by atoms with Crippen LogP contribution >= 0.6 is 0 Å². The lowest BCUT2D eigenvalue weighted by molar-refractivity contribution is -0.153. The maximum Gasteiger partial charge on any atom is 0.313 e. The number of hydrogen-bond acceptors (Lipinski definition) is 5. The molecule has 1 heterocycles. The molecule has 0 saturated heterocycles. The fourth-order valence-corrected chi connectivity index (χ4v) is 1.86. The number of anilines is 1. The van der Waals surface area contributed by atoms with Gasteiger partial charge in [-0.2, -0.15) is 4.98 Å². The summed E-state index contributed by atoms with van der Waals surface area (Å²) < 4.78 is 10.5. The lowest BCUT2D eigenvalue weighted by Crippen LogP contribution is -2.51. The Morgan fingerprint density at radius 1 is 1.25 bits per heavy atom. The largest absolute Gasteiger partial charge is 0.469 e. The first-order chi connectivity index (χ1) is 9.28. The highest BCUT2D eigenvalue weighted by Gasteiger charge is 2.45. The number of nitrogens with zero attached hydrogens (tertiary/aromatic N) is 1. The smallest absolute Gasteiger partial charge is 0.313 e. The summed E-state index contributed by atoms with van der Waals surface area (Å²) >= 11 is 0. The number of benzene rings is 1. The number of esters is 1. The molecule has 0 aliphatic rings. The van der Waals surface area contributed by atoms with Crippen LogP contribution < -0.4 is 5.32 Å². The predicted molar refractivity (Wildman–Crippen MR) is 77.5 cm³/mol. The number of carbonyl (C=O) groups excluding carboxylic acids is 1. The number of hydrogen-bond donors (Lipinski definition) is 1. The topological polar surface area (TPSA) is 64.4 Å². The Bertz CT molecular complexity index is 596. The fourth-order valence-electron chi connectivity index (χ4n) is 1.86. The van der Waals surface area contributed by atoms with Crippen LogP contribution in [0.1, 0.15) is 27.7 Å². The zero-order valence-corrected chi connectivity index (χ0v) is 12.5. The van der Waals surface area contributed by atoms with Gasteiger partial charge in [-0.05, 0) is 39.8 Å². The van der Waals surface area contributed by atoms with E-state index in [1.807, 2.05) is 52.0 Å². The van der Waals surface area contributed by atoms with Crippen molar-refractivity contribution in [1.29, 1.82) is 0 Å². The molecule has 0 atom stereocenters. The molecule has 2 aromatic rings. The van der Waals surface area contributed by atoms with E-state index in [2.05, 4.69) is 10.3 Å². The number of oxazole rings is 1. The van der Waals surface area contributed by atoms with Crippen LogP contribution in [0.2, 0.25) is 0 Å². The number of para-hydroxylation sites is 2. The number of carbonyl (C=O) groups is 1. The van der Waals surface area contributed by atoms with E-state index in [1.165, 1.54) is 7.11 Å². The molecule has 0 spiro atoms. The zero-order valence-electron chi connectivity index (χ0n) is 12.5. The standard InChI is InChI=1S/C15H20N2O3/c1-14(2,12(18)19-5)15(3,4)17-13-16-10-8-6-7-9-11(10)20-13/h6-9H,1-5H3,(H,16,17). The lowest BCUT2D eigenvalue weighted by atomic mass is 9.74. The average molecular weight is 276 g/mol. The first kappa shape index (κ1) is 14.4. The van der Waals surface area contributed by atoms with E-state index in [1.54, 1.807) is 0 Å². The SMILES string of the molecule is COC(=O)C(C)(C)C(C)(C)Nc1nc2ccccc2o1. The van der Waals surface area contributed by atoms with Gasteiger partial charge in [0.15, 0.2) is 5.58 Å². The van der Waals surface area contributed by atoms with Gasteiger partial charge >= 0.3 is 5.97 Å². The van der Waals surface area contributed by atoms with E-state index in [0.717, 1.165) is 5.52 Å². The Morgan fingerprint density at radius 2 is 1.90 bits per heavy atom. The summed E-state index contributed by atoms with van der Waals surface area (Å²) in [5, 5.41) is 3.18. The molecule has 20 heavy (non-hydrogen) atoms. The van der Waals surface area contributed by atoms with Crippen LogP contribution in [0.25, 0.3) is 11.1 Å². The normalized spacial score (nSPS) is 12.4. The van der Waals surface area contributed by atoms with Gasteiger partial charge in [0.1, 0.15) is 5.52 Å². The molecule has 5 nitrogen and oxygen atoms in total. The molecule has 1 aromatic carbocycles. The summed E-state index contributed by atoms with van der Waals surface area (Å²) in [5.74, 6) is -0.286. The van der Waals surface area contributed by atoms with Gasteiger partial charge in [0.05, 0.1) is 18.1 Å². The Morgan fingerprint density at radius 3 is 2.50 bits per heavy atom. The number of aromatic nitrogens is 1. The van der Waals surface area contributed by atoms with Crippen LogP contribution in [0.3, 0.4) is 0 Å². The number of rotatable bonds is 4. The second kappa shape index (κ2) is 4.81. The van der Waals surface area contributed by atoms with Crippen molar-refractivity contribution in [3.05, 3.63) is 24.3 Å². The second-order valence-electron chi connectivity index (χ2n) is 5.85. The van der Waals surface area contributed by atoms with E-state index in [9.17, 15) is 4.79 Å². The van der Waals surface area contributed by atoms with Gasteiger partial charge in [-0.1, -0.05) is 12.1 Å². The summed E-state index contributed by atoms with van der Waals surface area (Å²) in [6.07, 6.45) is 0. The van der Waals surface area contributed by atoms with Crippen LogP contribution in [0.4, 0.5) is 6.01 Å². The van der Waals surface area contributed by atoms with Crippen molar-refractivity contribution in [2.45, 2.75) is 33.2 Å². The van der Waals surface area contributed by atoms with Gasteiger partial charge < -0.3 is 14.5 Å². The van der Waals surface area contributed by atoms with Gasteiger partial charge in [0.25, 0.3) is 6.01 Å². The van der Waals surface area contributed by atoms with Crippen molar-refractivity contribution in [3.8, 4) is 0 Å². The molecular formula is C15H20N2O3. The molecule has 0 radical (unpaired) electrons. The Hall–Kier alpha value is -2.04. The van der Waals surface area contributed by atoms with Gasteiger partial charge in [0.2, 0.25) is 0 Å². The van der Waals surface area contributed by atoms with Gasteiger partial charge in [-0.3, -0.25) is 4.79 Å². The first-order valence-corrected chi connectivity index (χ1v) is 6.50. The molecule has 1 aromatic heterocycles. The molecule has 2 rings (SSSR count). The molecule has 0 fully saturated rings. The maximum atomic E-state index is 11.9. The van der Waals surface area contributed by atoms with Gasteiger partial charge in [-0.25, -0.2) is 0 Å². The molecular weight excluding hydrogens is 256 g/mol. The van der Waals surface area contributed by atoms with Crippen molar-refractivity contribution >= 4 is 23.1 Å². The zero-order chi connectivity index (χ0) is 15.0. The lowest BCUT2D eigenvalue weighted by Gasteiger charge is -2.39. The number of nitrogens with one attached hydrogen (secondary N) is 1. The highest BCUT2D eigenvalue weighted by atomic mass is 16.5. The third-order valence-corrected chi connectivity index (χ3v) is 3.97. The molecule has 0 aliphatic carbocycles. The van der Waals surface area contributed by atoms with Crippen LogP contribution in [-0.4, -0.2) is 23.6 Å². The molecule has 5 heteroatoms. The second-order valence-corrected chi connectivity index (χ2v) is 5.85. The van der Waals surface area contributed by atoms with Crippen molar-refractivity contribution in [2.75, 3.05) is 12.4 Å². The van der Waals surface area contributed by atoms with E-state index < -0.39 is 11.0 Å². The van der Waals surface area contributed by atoms with Crippen molar-refractivity contribution in [3.63, 3.8) is 0 Å². The number of ether oxygens (including phenoxy) is 1. The summed E-state index contributed by atoms with van der Waals surface area (Å²) in [6, 6.07) is 7.92. The van der Waals surface area contributed by atoms with Crippen LogP contribution in [0, 0.1) is 5.41 Å². The van der Waals surface area contributed by atoms with E-state index in [4.69, 9.17) is 9.15 Å². The third-order valence-electron chi connectivity index (χ3n) is 3.97. The third kappa shape index (κ3) is 2.35. The minimum absolute atomic E-state index is 0.286. The molecule has 0 bridgehead atoms. The fraction of sp³-hybridized carbons (Fsp3) is 0.467. The highest BCUT2D eigenvalue weighted by Crippen LogP contribution is 2.35. The van der Waals surface area contributed by atoms with E-state index in [-0.39, 0.29) is 5.97 Å². The van der Waals surface area contributed by atoms with Gasteiger partial charge in [-0.15, -0.1) is 0 Å². The van der Waals surface area contributed by atoms with Crippen molar-refractivity contribution in [1.82, 2.24) is 4.98 Å². The maximum absolute atomic E-state index is 11.9. The molecule has 108 valence electrons. The molecule has 1 N–H and O–H groups in total. The first-order valence-electron chi connectivity index (χ1n) is 6.50. The molecule has 0 unspecified atom stereocenters. The van der Waals surface area contributed by atoms with Crippen LogP contribution in [0.5, 0.6) is 0 Å². The number of methoxy groups -OCH3 is 1.